The SMILES string of the molecule is CN1CCC(N(Cc2ccco2)C(=O)c2cccc(OCc3cccs3)c2)CC1. The molecule has 0 bridgehead atoms. The van der Waals surface area contributed by atoms with Gasteiger partial charge < -0.3 is 19.0 Å². The van der Waals surface area contributed by atoms with Crippen molar-refractivity contribution in [1.29, 1.82) is 0 Å². The van der Waals surface area contributed by atoms with E-state index >= 15 is 0 Å². The average Bonchev–Trinajstić information content (AvgIpc) is 3.45. The Morgan fingerprint density at radius 3 is 2.79 bits per heavy atom. The second-order valence-electron chi connectivity index (χ2n) is 7.44. The zero-order chi connectivity index (χ0) is 20.1. The van der Waals surface area contributed by atoms with Gasteiger partial charge in [-0.15, -0.1) is 11.3 Å². The summed E-state index contributed by atoms with van der Waals surface area (Å²) in [7, 11) is 2.13. The fourth-order valence-corrected chi connectivity index (χ4v) is 4.29. The molecule has 0 N–H and O–H groups in total. The minimum atomic E-state index is 0.0255. The van der Waals surface area contributed by atoms with Crippen molar-refractivity contribution in [3.05, 3.63) is 76.4 Å². The van der Waals surface area contributed by atoms with Crippen LogP contribution >= 0.6 is 11.3 Å². The highest BCUT2D eigenvalue weighted by molar-refractivity contribution is 7.09. The molecule has 3 heterocycles. The number of ether oxygens (including phenoxy) is 1. The van der Waals surface area contributed by atoms with Crippen LogP contribution < -0.4 is 4.74 Å². The number of hydrogen-bond donors (Lipinski definition) is 0. The van der Waals surface area contributed by atoms with Crippen molar-refractivity contribution in [2.75, 3.05) is 20.1 Å². The van der Waals surface area contributed by atoms with Crippen molar-refractivity contribution in [3.63, 3.8) is 0 Å². The Kier molecular flexibility index (Phi) is 6.32. The summed E-state index contributed by atoms with van der Waals surface area (Å²) in [6.07, 6.45) is 3.60. The largest absolute Gasteiger partial charge is 0.488 e. The molecule has 0 radical (unpaired) electrons. The first-order valence-electron chi connectivity index (χ1n) is 9.96. The van der Waals surface area contributed by atoms with Gasteiger partial charge in [-0.1, -0.05) is 12.1 Å². The lowest BCUT2D eigenvalue weighted by atomic mass is 10.0. The molecule has 0 saturated carbocycles. The van der Waals surface area contributed by atoms with Crippen molar-refractivity contribution in [1.82, 2.24) is 9.80 Å². The van der Waals surface area contributed by atoms with Crippen LogP contribution in [0.5, 0.6) is 5.75 Å². The van der Waals surface area contributed by atoms with Crippen LogP contribution in [0.1, 0.15) is 33.8 Å². The smallest absolute Gasteiger partial charge is 0.254 e. The highest BCUT2D eigenvalue weighted by Crippen LogP contribution is 2.23. The maximum absolute atomic E-state index is 13.5. The summed E-state index contributed by atoms with van der Waals surface area (Å²) >= 11 is 1.66. The highest BCUT2D eigenvalue weighted by Gasteiger charge is 2.28. The summed E-state index contributed by atoms with van der Waals surface area (Å²) in [5, 5.41) is 2.03. The highest BCUT2D eigenvalue weighted by atomic mass is 32.1. The van der Waals surface area contributed by atoms with Gasteiger partial charge in [0.1, 0.15) is 18.1 Å². The van der Waals surface area contributed by atoms with E-state index in [-0.39, 0.29) is 11.9 Å². The lowest BCUT2D eigenvalue weighted by Gasteiger charge is -2.37. The third-order valence-corrected chi connectivity index (χ3v) is 6.19. The minimum Gasteiger partial charge on any atom is -0.488 e. The topological polar surface area (TPSA) is 45.9 Å². The molecule has 2 aromatic heterocycles. The molecule has 6 heteroatoms. The van der Waals surface area contributed by atoms with Gasteiger partial charge in [0.2, 0.25) is 0 Å². The van der Waals surface area contributed by atoms with Gasteiger partial charge in [-0.2, -0.15) is 0 Å². The first-order chi connectivity index (χ1) is 14.2. The normalized spacial score (nSPS) is 15.3. The quantitative estimate of drug-likeness (QED) is 0.568. The van der Waals surface area contributed by atoms with Crippen LogP contribution in [-0.2, 0) is 13.2 Å². The van der Waals surface area contributed by atoms with Crippen molar-refractivity contribution < 1.29 is 13.9 Å². The van der Waals surface area contributed by atoms with E-state index < -0.39 is 0 Å². The molecule has 1 aliphatic rings. The first kappa shape index (κ1) is 19.7. The molecule has 1 saturated heterocycles. The minimum absolute atomic E-state index is 0.0255. The monoisotopic (exact) mass is 410 g/mol. The van der Waals surface area contributed by atoms with Crippen LogP contribution in [0.25, 0.3) is 0 Å². The van der Waals surface area contributed by atoms with Crippen LogP contribution in [-0.4, -0.2) is 41.9 Å². The predicted octanol–water partition coefficient (Wildman–Crippen LogP) is 4.66. The Balaban J connectivity index is 1.50. The van der Waals surface area contributed by atoms with Crippen LogP contribution in [0.3, 0.4) is 0 Å². The molecule has 0 atom stereocenters. The second kappa shape index (κ2) is 9.29. The van der Waals surface area contributed by atoms with Gasteiger partial charge in [-0.25, -0.2) is 0 Å². The number of furan rings is 1. The number of piperidine rings is 1. The Hall–Kier alpha value is -2.57. The summed E-state index contributed by atoms with van der Waals surface area (Å²) in [5.41, 5.74) is 0.652. The molecule has 3 aromatic rings. The maximum Gasteiger partial charge on any atom is 0.254 e. The summed E-state index contributed by atoms with van der Waals surface area (Å²) < 4.78 is 11.4. The van der Waals surface area contributed by atoms with Gasteiger partial charge in [0.05, 0.1) is 12.8 Å². The van der Waals surface area contributed by atoms with E-state index in [1.54, 1.807) is 17.6 Å². The Morgan fingerprint density at radius 2 is 2.07 bits per heavy atom. The van der Waals surface area contributed by atoms with E-state index in [0.29, 0.717) is 24.5 Å². The summed E-state index contributed by atoms with van der Waals surface area (Å²) in [6.45, 7) is 2.99. The summed E-state index contributed by atoms with van der Waals surface area (Å²) in [4.78, 5) is 18.9. The van der Waals surface area contributed by atoms with E-state index in [1.807, 2.05) is 58.8 Å². The Morgan fingerprint density at radius 1 is 1.21 bits per heavy atom. The Labute approximate surface area is 175 Å². The number of rotatable bonds is 7. The van der Waals surface area contributed by atoms with Gasteiger partial charge >= 0.3 is 0 Å². The number of nitrogens with zero attached hydrogens (tertiary/aromatic N) is 2. The van der Waals surface area contributed by atoms with E-state index in [0.717, 1.165) is 36.6 Å². The first-order valence-corrected chi connectivity index (χ1v) is 10.8. The van der Waals surface area contributed by atoms with Gasteiger partial charge in [-0.05, 0) is 74.8 Å². The van der Waals surface area contributed by atoms with E-state index in [2.05, 4.69) is 11.9 Å². The predicted molar refractivity (Wildman–Crippen MR) is 114 cm³/mol. The molecule has 0 unspecified atom stereocenters. The molecule has 5 nitrogen and oxygen atoms in total. The molecule has 1 aliphatic heterocycles. The average molecular weight is 411 g/mol. The molecule has 152 valence electrons. The van der Waals surface area contributed by atoms with Gasteiger partial charge in [0.25, 0.3) is 5.91 Å². The molecular weight excluding hydrogens is 384 g/mol. The standard InChI is InChI=1S/C23H26N2O3S/c1-24-11-9-19(10-12-24)25(16-21-7-3-13-27-21)23(26)18-5-2-6-20(15-18)28-17-22-8-4-14-29-22/h2-8,13-15,19H,9-12,16-17H2,1H3. The number of hydrogen-bond acceptors (Lipinski definition) is 5. The van der Waals surface area contributed by atoms with E-state index in [9.17, 15) is 4.79 Å². The summed E-state index contributed by atoms with van der Waals surface area (Å²) in [6, 6.07) is 15.6. The molecule has 29 heavy (non-hydrogen) atoms. The fraction of sp³-hybridized carbons (Fsp3) is 0.348. The van der Waals surface area contributed by atoms with Crippen molar-refractivity contribution >= 4 is 17.2 Å². The lowest BCUT2D eigenvalue weighted by molar-refractivity contribution is 0.0550. The Bertz CT molecular complexity index is 900. The molecule has 0 spiro atoms. The molecule has 1 aromatic carbocycles. The molecule has 0 aliphatic carbocycles. The molecule has 1 fully saturated rings. The van der Waals surface area contributed by atoms with Gasteiger partial charge in [-0.3, -0.25) is 4.79 Å². The maximum atomic E-state index is 13.5. The van der Waals surface area contributed by atoms with Crippen LogP contribution in [0.4, 0.5) is 0 Å². The van der Waals surface area contributed by atoms with Crippen LogP contribution in [0, 0.1) is 0 Å². The van der Waals surface area contributed by atoms with Gasteiger partial charge in [0, 0.05) is 16.5 Å². The van der Waals surface area contributed by atoms with Crippen LogP contribution in [0.2, 0.25) is 0 Å². The number of likely N-dealkylation sites (tertiary alicyclic amines) is 1. The third-order valence-electron chi connectivity index (χ3n) is 5.34. The van der Waals surface area contributed by atoms with Crippen molar-refractivity contribution in [3.8, 4) is 5.75 Å². The zero-order valence-electron chi connectivity index (χ0n) is 16.6. The van der Waals surface area contributed by atoms with E-state index in [4.69, 9.17) is 9.15 Å². The molecule has 1 amide bonds. The fourth-order valence-electron chi connectivity index (χ4n) is 3.68. The third kappa shape index (κ3) is 5.08. The van der Waals surface area contributed by atoms with Crippen molar-refractivity contribution in [2.45, 2.75) is 32.0 Å². The molecule has 4 rings (SSSR count). The van der Waals surface area contributed by atoms with E-state index in [1.165, 1.54) is 0 Å². The van der Waals surface area contributed by atoms with Crippen molar-refractivity contribution in [2.24, 2.45) is 0 Å². The number of benzene rings is 1. The summed E-state index contributed by atoms with van der Waals surface area (Å²) in [5.74, 6) is 1.55. The lowest BCUT2D eigenvalue weighted by Crippen LogP contribution is -2.46. The second-order valence-corrected chi connectivity index (χ2v) is 8.47. The number of carbonyl (C=O) groups excluding carboxylic acids is 1. The van der Waals surface area contributed by atoms with Gasteiger partial charge in [0.15, 0.2) is 0 Å². The zero-order valence-corrected chi connectivity index (χ0v) is 17.4. The molecular formula is C23H26N2O3S. The number of carbonyl (C=O) groups is 1. The number of amides is 1. The van der Waals surface area contributed by atoms with Crippen LogP contribution in [0.15, 0.2) is 64.6 Å². The number of thiophene rings is 1.